The fraction of sp³-hybridized carbons (Fsp3) is 0.267. The number of aryl methyl sites for hydroxylation is 1. The second kappa shape index (κ2) is 6.65. The van der Waals surface area contributed by atoms with Crippen molar-refractivity contribution in [3.05, 3.63) is 53.5 Å². The zero-order chi connectivity index (χ0) is 14.4. The number of rotatable bonds is 5. The minimum atomic E-state index is -0.486. The van der Waals surface area contributed by atoms with Gasteiger partial charge in [0.2, 0.25) is 0 Å². The molecule has 0 unspecified atom stereocenters. The number of benzene rings is 1. The molecule has 0 aliphatic rings. The van der Waals surface area contributed by atoms with Gasteiger partial charge >= 0.3 is 5.97 Å². The smallest absolute Gasteiger partial charge is 0.358 e. The number of aromatic nitrogens is 2. The Morgan fingerprint density at radius 1 is 1.35 bits per heavy atom. The van der Waals surface area contributed by atoms with Crippen LogP contribution < -0.4 is 5.32 Å². The van der Waals surface area contributed by atoms with Crippen molar-refractivity contribution in [2.75, 3.05) is 19.0 Å². The SMILES string of the molecule is COC(=O)c1cncc(NCCc2cccc(C)c2)n1. The van der Waals surface area contributed by atoms with Crippen LogP contribution in [0.15, 0.2) is 36.7 Å². The van der Waals surface area contributed by atoms with E-state index in [1.165, 1.54) is 24.4 Å². The first-order valence-corrected chi connectivity index (χ1v) is 6.39. The molecule has 5 nitrogen and oxygen atoms in total. The Morgan fingerprint density at radius 2 is 2.20 bits per heavy atom. The topological polar surface area (TPSA) is 64.1 Å². The number of hydrogen-bond acceptors (Lipinski definition) is 5. The Balaban J connectivity index is 1.92. The van der Waals surface area contributed by atoms with E-state index in [0.717, 1.165) is 13.0 Å². The van der Waals surface area contributed by atoms with Crippen LogP contribution in [0, 0.1) is 6.92 Å². The normalized spacial score (nSPS) is 10.1. The Hall–Kier alpha value is -2.43. The molecule has 1 heterocycles. The van der Waals surface area contributed by atoms with Gasteiger partial charge in [0.25, 0.3) is 0 Å². The molecule has 0 fully saturated rings. The lowest BCUT2D eigenvalue weighted by Crippen LogP contribution is -2.10. The summed E-state index contributed by atoms with van der Waals surface area (Å²) in [6.07, 6.45) is 3.85. The van der Waals surface area contributed by atoms with E-state index in [0.29, 0.717) is 5.82 Å². The first-order valence-electron chi connectivity index (χ1n) is 6.39. The number of ether oxygens (including phenoxy) is 1. The number of methoxy groups -OCH3 is 1. The molecule has 0 radical (unpaired) electrons. The summed E-state index contributed by atoms with van der Waals surface area (Å²) in [4.78, 5) is 19.5. The largest absolute Gasteiger partial charge is 0.464 e. The van der Waals surface area contributed by atoms with Crippen LogP contribution in [0.25, 0.3) is 0 Å². The number of carbonyl (C=O) groups is 1. The number of hydrogen-bond donors (Lipinski definition) is 1. The number of esters is 1. The Labute approximate surface area is 118 Å². The molecule has 0 atom stereocenters. The lowest BCUT2D eigenvalue weighted by atomic mass is 10.1. The van der Waals surface area contributed by atoms with Crippen molar-refractivity contribution in [1.82, 2.24) is 9.97 Å². The fourth-order valence-corrected chi connectivity index (χ4v) is 1.86. The standard InChI is InChI=1S/C15H17N3O2/c1-11-4-3-5-12(8-11)6-7-17-14-10-16-9-13(18-14)15(19)20-2/h3-5,8-10H,6-7H2,1-2H3,(H,17,18). The van der Waals surface area contributed by atoms with Crippen LogP contribution in [-0.2, 0) is 11.2 Å². The van der Waals surface area contributed by atoms with Crippen molar-refractivity contribution in [2.45, 2.75) is 13.3 Å². The lowest BCUT2D eigenvalue weighted by Gasteiger charge is -2.07. The van der Waals surface area contributed by atoms with Gasteiger partial charge in [-0.1, -0.05) is 29.8 Å². The predicted molar refractivity (Wildman–Crippen MR) is 76.7 cm³/mol. The first-order chi connectivity index (χ1) is 9.69. The zero-order valence-corrected chi connectivity index (χ0v) is 11.6. The third-order valence-electron chi connectivity index (χ3n) is 2.83. The molecular formula is C15H17N3O2. The van der Waals surface area contributed by atoms with Crippen LogP contribution in [0.2, 0.25) is 0 Å². The van der Waals surface area contributed by atoms with Gasteiger partial charge in [0.05, 0.1) is 19.5 Å². The van der Waals surface area contributed by atoms with Crippen molar-refractivity contribution in [3.8, 4) is 0 Å². The number of nitrogens with zero attached hydrogens (tertiary/aromatic N) is 2. The summed E-state index contributed by atoms with van der Waals surface area (Å²) >= 11 is 0. The molecule has 1 N–H and O–H groups in total. The Morgan fingerprint density at radius 3 is 2.95 bits per heavy atom. The molecular weight excluding hydrogens is 254 g/mol. The van der Waals surface area contributed by atoms with Gasteiger partial charge < -0.3 is 10.1 Å². The van der Waals surface area contributed by atoms with Gasteiger partial charge in [-0.2, -0.15) is 0 Å². The zero-order valence-electron chi connectivity index (χ0n) is 11.6. The van der Waals surface area contributed by atoms with E-state index < -0.39 is 5.97 Å². The van der Waals surface area contributed by atoms with Crippen LogP contribution >= 0.6 is 0 Å². The molecule has 0 amide bonds. The van der Waals surface area contributed by atoms with Crippen molar-refractivity contribution >= 4 is 11.8 Å². The summed E-state index contributed by atoms with van der Waals surface area (Å²) in [5.74, 6) is 0.0837. The summed E-state index contributed by atoms with van der Waals surface area (Å²) in [7, 11) is 1.32. The monoisotopic (exact) mass is 271 g/mol. The maximum atomic E-state index is 11.3. The highest BCUT2D eigenvalue weighted by atomic mass is 16.5. The molecule has 0 saturated carbocycles. The van der Waals surface area contributed by atoms with E-state index in [-0.39, 0.29) is 5.69 Å². The van der Waals surface area contributed by atoms with Crippen LogP contribution in [-0.4, -0.2) is 29.6 Å². The minimum Gasteiger partial charge on any atom is -0.464 e. The van der Waals surface area contributed by atoms with Gasteiger partial charge in [-0.05, 0) is 18.9 Å². The van der Waals surface area contributed by atoms with Crippen LogP contribution in [0.4, 0.5) is 5.82 Å². The third-order valence-corrected chi connectivity index (χ3v) is 2.83. The Bertz CT molecular complexity index is 599. The summed E-state index contributed by atoms with van der Waals surface area (Å²) in [5, 5.41) is 3.15. The van der Waals surface area contributed by atoms with E-state index in [4.69, 9.17) is 0 Å². The third kappa shape index (κ3) is 3.78. The van der Waals surface area contributed by atoms with Gasteiger partial charge in [-0.3, -0.25) is 4.98 Å². The van der Waals surface area contributed by atoms with Gasteiger partial charge in [-0.25, -0.2) is 9.78 Å². The summed E-state index contributed by atoms with van der Waals surface area (Å²) in [5.41, 5.74) is 2.71. The van der Waals surface area contributed by atoms with Gasteiger partial charge in [0.1, 0.15) is 5.82 Å². The van der Waals surface area contributed by atoms with E-state index in [9.17, 15) is 4.79 Å². The molecule has 5 heteroatoms. The maximum absolute atomic E-state index is 11.3. The fourth-order valence-electron chi connectivity index (χ4n) is 1.86. The molecule has 2 rings (SSSR count). The van der Waals surface area contributed by atoms with Crippen LogP contribution in [0.5, 0.6) is 0 Å². The molecule has 104 valence electrons. The predicted octanol–water partition coefficient (Wildman–Crippen LogP) is 2.23. The van der Waals surface area contributed by atoms with E-state index in [1.54, 1.807) is 6.20 Å². The molecule has 1 aromatic heterocycles. The highest BCUT2D eigenvalue weighted by molar-refractivity contribution is 5.87. The minimum absolute atomic E-state index is 0.202. The van der Waals surface area contributed by atoms with E-state index in [2.05, 4.69) is 45.1 Å². The maximum Gasteiger partial charge on any atom is 0.358 e. The number of anilines is 1. The molecule has 0 aliphatic carbocycles. The number of carbonyl (C=O) groups excluding carboxylic acids is 1. The molecule has 2 aromatic rings. The quantitative estimate of drug-likeness (QED) is 0.845. The van der Waals surface area contributed by atoms with Gasteiger partial charge in [-0.15, -0.1) is 0 Å². The highest BCUT2D eigenvalue weighted by Gasteiger charge is 2.08. The van der Waals surface area contributed by atoms with Gasteiger partial charge in [0.15, 0.2) is 5.69 Å². The summed E-state index contributed by atoms with van der Waals surface area (Å²) in [6.45, 7) is 2.80. The average molecular weight is 271 g/mol. The van der Waals surface area contributed by atoms with Crippen LogP contribution in [0.1, 0.15) is 21.6 Å². The molecule has 1 aromatic carbocycles. The lowest BCUT2D eigenvalue weighted by molar-refractivity contribution is 0.0593. The van der Waals surface area contributed by atoms with E-state index in [1.807, 2.05) is 6.07 Å². The second-order valence-electron chi connectivity index (χ2n) is 4.45. The summed E-state index contributed by atoms with van der Waals surface area (Å²) in [6, 6.07) is 8.36. The van der Waals surface area contributed by atoms with Crippen molar-refractivity contribution < 1.29 is 9.53 Å². The van der Waals surface area contributed by atoms with Crippen molar-refractivity contribution in [1.29, 1.82) is 0 Å². The number of nitrogens with one attached hydrogen (secondary N) is 1. The summed E-state index contributed by atoms with van der Waals surface area (Å²) < 4.78 is 4.61. The first kappa shape index (κ1) is 14.0. The molecule has 20 heavy (non-hydrogen) atoms. The molecule has 0 saturated heterocycles. The second-order valence-corrected chi connectivity index (χ2v) is 4.45. The van der Waals surface area contributed by atoms with Crippen LogP contribution in [0.3, 0.4) is 0 Å². The van der Waals surface area contributed by atoms with Crippen molar-refractivity contribution in [3.63, 3.8) is 0 Å². The Kier molecular flexibility index (Phi) is 4.65. The van der Waals surface area contributed by atoms with Crippen molar-refractivity contribution in [2.24, 2.45) is 0 Å². The van der Waals surface area contributed by atoms with E-state index >= 15 is 0 Å². The molecule has 0 aliphatic heterocycles. The van der Waals surface area contributed by atoms with Gasteiger partial charge in [0, 0.05) is 6.54 Å². The average Bonchev–Trinajstić information content (AvgIpc) is 2.47. The highest BCUT2D eigenvalue weighted by Crippen LogP contribution is 2.07. The molecule has 0 spiro atoms. The molecule has 0 bridgehead atoms.